The van der Waals surface area contributed by atoms with Gasteiger partial charge < -0.3 is 29.9 Å². The number of carbonyl (C=O) groups is 2. The number of halogens is 3. The van der Waals surface area contributed by atoms with E-state index >= 15 is 0 Å². The molecule has 12 nitrogen and oxygen atoms in total. The van der Waals surface area contributed by atoms with Gasteiger partial charge in [-0.3, -0.25) is 9.36 Å². The molecule has 1 fully saturated rings. The third kappa shape index (κ3) is 6.93. The second-order valence-corrected chi connectivity index (χ2v) is 11.4. The van der Waals surface area contributed by atoms with Crippen molar-refractivity contribution in [3.05, 3.63) is 81.9 Å². The standard InChI is InChI=1S/C29H27Cl3N8O4/c30-21-3-2-19(12-22(21)31)35-29(42)38-9-10-40(26-14-25(32)36-28(37-26)39-8-7-33-16-39)20(15-38)13-27(41)34-6-5-18-1-4-23-24(11-18)44-17-43-23/h1-4,7-8,11-12,14,16,20H,5-6,9-10,13,15,17H2,(H,34,41)(H,35,42). The molecule has 0 saturated carbocycles. The Bertz CT molecular complexity index is 1670. The molecule has 1 unspecified atom stereocenters. The van der Waals surface area contributed by atoms with Crippen LogP contribution in [0.2, 0.25) is 15.2 Å². The van der Waals surface area contributed by atoms with E-state index in [1.807, 2.05) is 23.1 Å². The van der Waals surface area contributed by atoms with Crippen molar-refractivity contribution in [2.24, 2.45) is 0 Å². The number of rotatable bonds is 8. The molecule has 3 amide bonds. The number of hydrogen-bond donors (Lipinski definition) is 2. The van der Waals surface area contributed by atoms with E-state index in [0.717, 1.165) is 5.56 Å². The van der Waals surface area contributed by atoms with Crippen LogP contribution in [-0.4, -0.2) is 75.4 Å². The summed E-state index contributed by atoms with van der Waals surface area (Å²) in [5.41, 5.74) is 1.53. The summed E-state index contributed by atoms with van der Waals surface area (Å²) in [5, 5.41) is 6.83. The van der Waals surface area contributed by atoms with Gasteiger partial charge in [0.1, 0.15) is 17.3 Å². The highest BCUT2D eigenvalue weighted by atomic mass is 35.5. The average molecular weight is 658 g/mol. The fourth-order valence-electron chi connectivity index (χ4n) is 5.06. The summed E-state index contributed by atoms with van der Waals surface area (Å²) in [4.78, 5) is 43.2. The fraction of sp³-hybridized carbons (Fsp3) is 0.276. The first kappa shape index (κ1) is 29.8. The van der Waals surface area contributed by atoms with Crippen LogP contribution < -0.4 is 25.0 Å². The lowest BCUT2D eigenvalue weighted by molar-refractivity contribution is -0.121. The van der Waals surface area contributed by atoms with E-state index < -0.39 is 6.04 Å². The van der Waals surface area contributed by atoms with E-state index in [1.165, 1.54) is 0 Å². The summed E-state index contributed by atoms with van der Waals surface area (Å²) in [6.45, 7) is 1.66. The first-order valence-electron chi connectivity index (χ1n) is 13.8. The van der Waals surface area contributed by atoms with E-state index in [9.17, 15) is 9.59 Å². The van der Waals surface area contributed by atoms with Crippen LogP contribution in [0.25, 0.3) is 5.95 Å². The van der Waals surface area contributed by atoms with Gasteiger partial charge in [0.25, 0.3) is 0 Å². The van der Waals surface area contributed by atoms with E-state index in [4.69, 9.17) is 49.3 Å². The van der Waals surface area contributed by atoms with E-state index in [2.05, 4.69) is 20.6 Å². The zero-order valence-electron chi connectivity index (χ0n) is 23.3. The number of hydrogen-bond acceptors (Lipinski definition) is 8. The second kappa shape index (κ2) is 13.2. The van der Waals surface area contributed by atoms with Crippen molar-refractivity contribution in [2.45, 2.75) is 18.9 Å². The second-order valence-electron chi connectivity index (χ2n) is 10.2. The quantitative estimate of drug-likeness (QED) is 0.258. The van der Waals surface area contributed by atoms with Crippen molar-refractivity contribution in [1.29, 1.82) is 0 Å². The molecule has 2 aliphatic rings. The molecule has 4 heterocycles. The number of urea groups is 1. The molecule has 2 aromatic heterocycles. The van der Waals surface area contributed by atoms with Crippen molar-refractivity contribution < 1.29 is 19.1 Å². The summed E-state index contributed by atoms with van der Waals surface area (Å²) in [6.07, 6.45) is 5.63. The van der Waals surface area contributed by atoms with Gasteiger partial charge in [-0.25, -0.2) is 14.8 Å². The Morgan fingerprint density at radius 3 is 2.66 bits per heavy atom. The number of piperazine rings is 1. The van der Waals surface area contributed by atoms with Gasteiger partial charge in [-0.2, -0.15) is 4.98 Å². The Morgan fingerprint density at radius 2 is 1.84 bits per heavy atom. The van der Waals surface area contributed by atoms with Crippen molar-refractivity contribution >= 4 is 58.2 Å². The monoisotopic (exact) mass is 656 g/mol. The smallest absolute Gasteiger partial charge is 0.321 e. The lowest BCUT2D eigenvalue weighted by atomic mass is 10.1. The molecular weight excluding hydrogens is 631 g/mol. The van der Waals surface area contributed by atoms with Gasteiger partial charge in [-0.15, -0.1) is 0 Å². The normalized spacial score (nSPS) is 15.8. The number of carbonyl (C=O) groups excluding carboxylic acids is 2. The van der Waals surface area contributed by atoms with E-state index in [1.54, 1.807) is 52.5 Å². The molecule has 0 radical (unpaired) electrons. The molecule has 4 aromatic rings. The highest BCUT2D eigenvalue weighted by Crippen LogP contribution is 2.32. The van der Waals surface area contributed by atoms with Crippen molar-refractivity contribution in [3.8, 4) is 17.4 Å². The first-order chi connectivity index (χ1) is 21.3. The van der Waals surface area contributed by atoms with Gasteiger partial charge in [0.05, 0.1) is 16.1 Å². The van der Waals surface area contributed by atoms with Crippen LogP contribution >= 0.6 is 34.8 Å². The summed E-state index contributed by atoms with van der Waals surface area (Å²) >= 11 is 18.5. The molecule has 44 heavy (non-hydrogen) atoms. The molecule has 15 heteroatoms. The number of nitrogens with one attached hydrogen (secondary N) is 2. The van der Waals surface area contributed by atoms with Crippen LogP contribution in [0.3, 0.4) is 0 Å². The van der Waals surface area contributed by atoms with Gasteiger partial charge in [-0.1, -0.05) is 40.9 Å². The number of amides is 3. The van der Waals surface area contributed by atoms with Gasteiger partial charge in [0.15, 0.2) is 11.5 Å². The number of anilines is 2. The zero-order chi connectivity index (χ0) is 30.6. The summed E-state index contributed by atoms with van der Waals surface area (Å²) < 4.78 is 12.5. The van der Waals surface area contributed by atoms with Crippen molar-refractivity contribution in [2.75, 3.05) is 43.2 Å². The van der Waals surface area contributed by atoms with Gasteiger partial charge >= 0.3 is 6.03 Å². The maximum Gasteiger partial charge on any atom is 0.321 e. The zero-order valence-corrected chi connectivity index (χ0v) is 25.5. The lowest BCUT2D eigenvalue weighted by Crippen LogP contribution is -2.57. The van der Waals surface area contributed by atoms with Gasteiger partial charge in [0.2, 0.25) is 18.6 Å². The fourth-order valence-corrected chi connectivity index (χ4v) is 5.53. The van der Waals surface area contributed by atoms with Crippen LogP contribution in [-0.2, 0) is 11.2 Å². The van der Waals surface area contributed by atoms with Crippen molar-refractivity contribution in [1.82, 2.24) is 29.7 Å². The highest BCUT2D eigenvalue weighted by molar-refractivity contribution is 6.42. The maximum absolute atomic E-state index is 13.3. The van der Waals surface area contributed by atoms with E-state index in [0.29, 0.717) is 65.1 Å². The molecule has 0 aliphatic carbocycles. The maximum atomic E-state index is 13.3. The largest absolute Gasteiger partial charge is 0.454 e. The SMILES string of the molecule is O=C(CC1CN(C(=O)Nc2ccc(Cl)c(Cl)c2)CCN1c1cc(Cl)nc(-n2ccnc2)n1)NCCc1ccc2c(c1)OCO2. The van der Waals surface area contributed by atoms with Crippen LogP contribution in [0, 0.1) is 0 Å². The Kier molecular flexibility index (Phi) is 8.91. The molecule has 2 aromatic carbocycles. The molecule has 2 N–H and O–H groups in total. The third-order valence-corrected chi connectivity index (χ3v) is 8.17. The lowest BCUT2D eigenvalue weighted by Gasteiger charge is -2.42. The molecule has 0 spiro atoms. The van der Waals surface area contributed by atoms with Crippen molar-refractivity contribution in [3.63, 3.8) is 0 Å². The van der Waals surface area contributed by atoms with Gasteiger partial charge in [0, 0.05) is 56.7 Å². The van der Waals surface area contributed by atoms with Crippen LogP contribution in [0.4, 0.5) is 16.3 Å². The predicted molar refractivity (Wildman–Crippen MR) is 166 cm³/mol. The number of ether oxygens (including phenoxy) is 2. The van der Waals surface area contributed by atoms with Crippen LogP contribution in [0.15, 0.2) is 61.2 Å². The van der Waals surface area contributed by atoms with Gasteiger partial charge in [-0.05, 0) is 42.3 Å². The molecule has 1 atom stereocenters. The minimum atomic E-state index is -0.407. The van der Waals surface area contributed by atoms with Crippen LogP contribution in [0.1, 0.15) is 12.0 Å². The molecule has 228 valence electrons. The predicted octanol–water partition coefficient (Wildman–Crippen LogP) is 4.82. The molecule has 2 aliphatic heterocycles. The summed E-state index contributed by atoms with van der Waals surface area (Å²) in [6, 6.07) is 11.5. The number of nitrogens with zero attached hydrogens (tertiary/aromatic N) is 6. The van der Waals surface area contributed by atoms with E-state index in [-0.39, 0.29) is 36.8 Å². The average Bonchev–Trinajstić information content (AvgIpc) is 3.71. The molecular formula is C29H27Cl3N8O4. The number of fused-ring (bicyclic) bond motifs is 1. The Morgan fingerprint density at radius 1 is 0.977 bits per heavy atom. The first-order valence-corrected chi connectivity index (χ1v) is 14.9. The number of imidazole rings is 1. The Hall–Kier alpha value is -4.26. The summed E-state index contributed by atoms with van der Waals surface area (Å²) in [7, 11) is 0. The molecule has 1 saturated heterocycles. The molecule has 6 rings (SSSR count). The van der Waals surface area contributed by atoms with Crippen LogP contribution in [0.5, 0.6) is 11.5 Å². The number of aromatic nitrogens is 4. The topological polar surface area (TPSA) is 127 Å². The molecule has 0 bridgehead atoms. The minimum Gasteiger partial charge on any atom is -0.454 e. The Labute approximate surface area is 267 Å². The summed E-state index contributed by atoms with van der Waals surface area (Å²) in [5.74, 6) is 2.13. The number of benzene rings is 2. The highest BCUT2D eigenvalue weighted by Gasteiger charge is 2.33. The third-order valence-electron chi connectivity index (χ3n) is 7.23. The minimum absolute atomic E-state index is 0.111. The Balaban J connectivity index is 1.16.